The summed E-state index contributed by atoms with van der Waals surface area (Å²) >= 11 is 6.87. The van der Waals surface area contributed by atoms with Gasteiger partial charge in [0.15, 0.2) is 0 Å². The van der Waals surface area contributed by atoms with Crippen molar-refractivity contribution in [2.75, 3.05) is 36.0 Å². The maximum absolute atomic E-state index is 15.6. The molecular weight excluding hydrogens is 554 g/mol. The van der Waals surface area contributed by atoms with Crippen LogP contribution in [0.2, 0.25) is 5.02 Å². The highest BCUT2D eigenvalue weighted by Gasteiger charge is 2.27. The first-order chi connectivity index (χ1) is 19.8. The number of piperazine rings is 1. The van der Waals surface area contributed by atoms with Crippen molar-refractivity contribution in [1.82, 2.24) is 19.6 Å². The van der Waals surface area contributed by atoms with Crippen LogP contribution in [0.3, 0.4) is 0 Å². The van der Waals surface area contributed by atoms with Crippen LogP contribution in [0.4, 0.5) is 20.2 Å². The van der Waals surface area contributed by atoms with Crippen molar-refractivity contribution < 1.29 is 18.7 Å². The van der Waals surface area contributed by atoms with Gasteiger partial charge in [-0.25, -0.2) is 13.6 Å². The number of hydrogen-bond acceptors (Lipinski definition) is 6. The molecule has 0 atom stereocenters. The van der Waals surface area contributed by atoms with Crippen LogP contribution in [0.25, 0.3) is 16.6 Å². The Hall–Kier alpha value is -4.77. The fourth-order valence-corrected chi connectivity index (χ4v) is 5.54. The molecule has 1 fully saturated rings. The minimum atomic E-state index is -1.43. The molecular formula is C29H23ClF2N6O3. The summed E-state index contributed by atoms with van der Waals surface area (Å²) < 4.78 is 30.5. The molecule has 5 aromatic rings. The number of rotatable bonds is 6. The number of halogens is 3. The van der Waals surface area contributed by atoms with Gasteiger partial charge in [0.1, 0.15) is 17.2 Å². The van der Waals surface area contributed by atoms with Gasteiger partial charge in [0, 0.05) is 43.8 Å². The maximum atomic E-state index is 15.6. The lowest BCUT2D eigenvalue weighted by atomic mass is 10.1. The molecule has 41 heavy (non-hydrogen) atoms. The molecule has 0 amide bonds. The summed E-state index contributed by atoms with van der Waals surface area (Å²) in [5.74, 6) is -2.46. The van der Waals surface area contributed by atoms with Crippen LogP contribution in [0.1, 0.15) is 15.9 Å². The number of pyridine rings is 1. The van der Waals surface area contributed by atoms with Crippen LogP contribution >= 0.6 is 11.6 Å². The highest BCUT2D eigenvalue weighted by atomic mass is 35.5. The third kappa shape index (κ3) is 5.00. The van der Waals surface area contributed by atoms with E-state index >= 15 is 4.39 Å². The molecule has 12 heteroatoms. The first-order valence-electron chi connectivity index (χ1n) is 12.8. The zero-order chi connectivity index (χ0) is 28.7. The molecule has 3 heterocycles. The third-order valence-corrected chi connectivity index (χ3v) is 7.54. The van der Waals surface area contributed by atoms with Crippen molar-refractivity contribution in [1.29, 1.82) is 0 Å². The molecule has 1 saturated heterocycles. The lowest BCUT2D eigenvalue weighted by molar-refractivity contribution is 0.0695. The second kappa shape index (κ2) is 10.7. The first-order valence-corrected chi connectivity index (χ1v) is 13.2. The molecule has 1 N–H and O–H groups in total. The summed E-state index contributed by atoms with van der Waals surface area (Å²) in [6, 6.07) is 14.4. The van der Waals surface area contributed by atoms with Crippen molar-refractivity contribution in [3.63, 3.8) is 0 Å². The van der Waals surface area contributed by atoms with E-state index in [-0.39, 0.29) is 27.4 Å². The van der Waals surface area contributed by atoms with Crippen molar-refractivity contribution in [3.8, 4) is 5.69 Å². The van der Waals surface area contributed by atoms with Crippen LogP contribution in [0, 0.1) is 11.6 Å². The Labute approximate surface area is 237 Å². The van der Waals surface area contributed by atoms with Gasteiger partial charge in [-0.2, -0.15) is 15.0 Å². The summed E-state index contributed by atoms with van der Waals surface area (Å²) in [4.78, 5) is 30.5. The summed E-state index contributed by atoms with van der Waals surface area (Å²) in [5, 5.41) is 17.8. The Bertz CT molecular complexity index is 1800. The van der Waals surface area contributed by atoms with Gasteiger partial charge in [0.05, 0.1) is 40.6 Å². The van der Waals surface area contributed by atoms with Gasteiger partial charge in [0.25, 0.3) is 0 Å². The SMILES string of the molecule is O=C(O)c1cn(-c2ccc(Cn3nccn3)cc2)c2c(Cl)c(N3CCN(c4ccc(F)cc4)CC3)c(F)cc2c1=O. The number of carboxylic acid groups (broad SMARTS) is 1. The lowest BCUT2D eigenvalue weighted by Gasteiger charge is -2.38. The highest BCUT2D eigenvalue weighted by molar-refractivity contribution is 6.38. The number of aromatic carboxylic acids is 1. The lowest BCUT2D eigenvalue weighted by Crippen LogP contribution is -2.47. The Morgan fingerprint density at radius 2 is 1.51 bits per heavy atom. The molecule has 0 radical (unpaired) electrons. The van der Waals surface area contributed by atoms with E-state index in [1.807, 2.05) is 12.1 Å². The van der Waals surface area contributed by atoms with E-state index in [1.54, 1.807) is 41.6 Å². The predicted octanol–water partition coefficient (Wildman–Crippen LogP) is 4.59. The molecule has 9 nitrogen and oxygen atoms in total. The van der Waals surface area contributed by atoms with Crippen LogP contribution < -0.4 is 15.2 Å². The Morgan fingerprint density at radius 3 is 2.15 bits per heavy atom. The predicted molar refractivity (Wildman–Crippen MR) is 151 cm³/mol. The molecule has 0 bridgehead atoms. The number of anilines is 2. The van der Waals surface area contributed by atoms with Gasteiger partial charge in [0.2, 0.25) is 5.43 Å². The average molecular weight is 577 g/mol. The maximum Gasteiger partial charge on any atom is 0.341 e. The number of carboxylic acids is 1. The summed E-state index contributed by atoms with van der Waals surface area (Å²) in [6.07, 6.45) is 4.38. The van der Waals surface area contributed by atoms with E-state index in [1.165, 1.54) is 27.7 Å². The number of fused-ring (bicyclic) bond motifs is 1. The largest absolute Gasteiger partial charge is 0.477 e. The van der Waals surface area contributed by atoms with Crippen molar-refractivity contribution in [2.45, 2.75) is 6.54 Å². The zero-order valence-corrected chi connectivity index (χ0v) is 22.3. The summed E-state index contributed by atoms with van der Waals surface area (Å²) in [6.45, 7) is 2.35. The van der Waals surface area contributed by atoms with Crippen molar-refractivity contribution in [2.24, 2.45) is 0 Å². The Balaban J connectivity index is 1.40. The fourth-order valence-electron chi connectivity index (χ4n) is 5.14. The molecule has 6 rings (SSSR count). The van der Waals surface area contributed by atoms with E-state index in [2.05, 4.69) is 15.1 Å². The van der Waals surface area contributed by atoms with Gasteiger partial charge >= 0.3 is 5.97 Å². The summed E-state index contributed by atoms with van der Waals surface area (Å²) in [5.41, 5.74) is 1.31. The molecule has 1 aliphatic heterocycles. The topological polar surface area (TPSA) is 96.5 Å². The standard InChI is InChI=1S/C29H23ClF2N6O3/c30-25-26-22(15-24(32)27(25)36-13-11-35(12-14-36)20-7-3-19(31)4-8-20)28(39)23(29(40)41)17-37(26)21-5-1-18(2-6-21)16-38-33-9-10-34-38/h1-10,15,17H,11-14,16H2,(H,40,41). The fraction of sp³-hybridized carbons (Fsp3) is 0.172. The molecule has 3 aromatic carbocycles. The van der Waals surface area contributed by atoms with Crippen LogP contribution in [-0.4, -0.2) is 56.8 Å². The van der Waals surface area contributed by atoms with E-state index in [4.69, 9.17) is 11.6 Å². The van der Waals surface area contributed by atoms with Gasteiger partial charge in [-0.15, -0.1) is 0 Å². The van der Waals surface area contributed by atoms with Crippen molar-refractivity contribution in [3.05, 3.63) is 111 Å². The molecule has 0 unspecified atom stereocenters. The van der Waals surface area contributed by atoms with E-state index in [0.717, 1.165) is 17.3 Å². The van der Waals surface area contributed by atoms with Gasteiger partial charge in [-0.3, -0.25) is 4.79 Å². The van der Waals surface area contributed by atoms with E-state index in [9.17, 15) is 19.1 Å². The zero-order valence-electron chi connectivity index (χ0n) is 21.5. The molecule has 2 aromatic heterocycles. The smallest absolute Gasteiger partial charge is 0.341 e. The van der Waals surface area contributed by atoms with Crippen molar-refractivity contribution >= 4 is 39.8 Å². The normalized spacial score (nSPS) is 13.6. The monoisotopic (exact) mass is 576 g/mol. The number of nitrogens with zero attached hydrogens (tertiary/aromatic N) is 6. The molecule has 208 valence electrons. The molecule has 1 aliphatic rings. The highest BCUT2D eigenvalue weighted by Crippen LogP contribution is 2.37. The molecule has 0 saturated carbocycles. The second-order valence-electron chi connectivity index (χ2n) is 9.64. The minimum absolute atomic E-state index is 0.00842. The van der Waals surface area contributed by atoms with E-state index in [0.29, 0.717) is 38.4 Å². The number of benzene rings is 3. The Kier molecular flexibility index (Phi) is 6.88. The number of carbonyl (C=O) groups is 1. The van der Waals surface area contributed by atoms with E-state index < -0.39 is 22.8 Å². The van der Waals surface area contributed by atoms with Crippen LogP contribution in [0.5, 0.6) is 0 Å². The average Bonchev–Trinajstić information content (AvgIpc) is 3.48. The Morgan fingerprint density at radius 1 is 0.902 bits per heavy atom. The third-order valence-electron chi connectivity index (χ3n) is 7.18. The summed E-state index contributed by atoms with van der Waals surface area (Å²) in [7, 11) is 0. The van der Waals surface area contributed by atoms with Gasteiger partial charge in [-0.1, -0.05) is 23.7 Å². The van der Waals surface area contributed by atoms with Crippen LogP contribution in [0.15, 0.2) is 78.0 Å². The van der Waals surface area contributed by atoms with Gasteiger partial charge < -0.3 is 19.5 Å². The van der Waals surface area contributed by atoms with Crippen LogP contribution in [-0.2, 0) is 6.54 Å². The first kappa shape index (κ1) is 26.5. The molecule has 0 spiro atoms. The molecule has 0 aliphatic carbocycles. The quantitative estimate of drug-likeness (QED) is 0.316. The minimum Gasteiger partial charge on any atom is -0.477 e. The number of aromatic nitrogens is 4. The second-order valence-corrected chi connectivity index (χ2v) is 10.0. The number of hydrogen-bond donors (Lipinski definition) is 1. The van der Waals surface area contributed by atoms with Gasteiger partial charge in [-0.05, 0) is 48.0 Å².